The molecule has 2 amide bonds. The minimum absolute atomic E-state index is 0.0136. The summed E-state index contributed by atoms with van der Waals surface area (Å²) < 4.78 is 28.8. The predicted octanol–water partition coefficient (Wildman–Crippen LogP) is 3.75. The van der Waals surface area contributed by atoms with Crippen molar-refractivity contribution in [3.63, 3.8) is 0 Å². The fourth-order valence-corrected chi connectivity index (χ4v) is 3.79. The number of pyridine rings is 1. The highest BCUT2D eigenvalue weighted by Gasteiger charge is 2.21. The number of aryl methyl sites for hydroxylation is 1. The first-order valence-corrected chi connectivity index (χ1v) is 11.4. The van der Waals surface area contributed by atoms with Crippen LogP contribution in [0.2, 0.25) is 0 Å². The summed E-state index contributed by atoms with van der Waals surface area (Å²) in [6.07, 6.45) is 1.57. The van der Waals surface area contributed by atoms with Gasteiger partial charge in [0.2, 0.25) is 0 Å². The number of nitrogens with one attached hydrogen (secondary N) is 3. The topological polar surface area (TPSA) is 101 Å². The normalized spacial score (nSPS) is 13.8. The van der Waals surface area contributed by atoms with E-state index >= 15 is 0 Å². The van der Waals surface area contributed by atoms with E-state index in [0.29, 0.717) is 18.7 Å². The number of amides is 2. The molecule has 0 radical (unpaired) electrons. The minimum atomic E-state index is -0.806. The number of benzene rings is 2. The van der Waals surface area contributed by atoms with Crippen LogP contribution in [-0.4, -0.2) is 65.7 Å². The number of nitrogens with zero attached hydrogens (tertiary/aromatic N) is 3. The Hall–Kier alpha value is -4.18. The predicted molar refractivity (Wildman–Crippen MR) is 134 cm³/mol. The number of halogens is 2. The van der Waals surface area contributed by atoms with Gasteiger partial charge in [-0.3, -0.25) is 15.0 Å². The van der Waals surface area contributed by atoms with E-state index in [9.17, 15) is 18.4 Å². The zero-order chi connectivity index (χ0) is 25.8. The Morgan fingerprint density at radius 1 is 0.917 bits per heavy atom. The second kappa shape index (κ2) is 10.6. The van der Waals surface area contributed by atoms with Crippen molar-refractivity contribution in [2.45, 2.75) is 6.92 Å². The van der Waals surface area contributed by atoms with Crippen LogP contribution in [-0.2, 0) is 0 Å². The third-order valence-corrected chi connectivity index (χ3v) is 5.93. The summed E-state index contributed by atoms with van der Waals surface area (Å²) in [6, 6.07) is 10.6. The molecule has 10 heteroatoms. The number of piperazine rings is 1. The third-order valence-electron chi connectivity index (χ3n) is 5.93. The van der Waals surface area contributed by atoms with Crippen LogP contribution in [0.1, 0.15) is 31.8 Å². The molecule has 4 rings (SSSR count). The summed E-state index contributed by atoms with van der Waals surface area (Å²) in [6.45, 7) is 4.77. The van der Waals surface area contributed by atoms with Gasteiger partial charge in [-0.1, -0.05) is 12.1 Å². The fraction of sp³-hybridized carbons (Fsp3) is 0.231. The molecule has 8 nitrogen and oxygen atoms in total. The molecular weight excluding hydrogens is 466 g/mol. The van der Waals surface area contributed by atoms with Crippen LogP contribution < -0.4 is 10.6 Å². The van der Waals surface area contributed by atoms with Crippen molar-refractivity contribution in [3.8, 4) is 0 Å². The van der Waals surface area contributed by atoms with Gasteiger partial charge in [0.15, 0.2) is 0 Å². The lowest BCUT2D eigenvalue weighted by atomic mass is 10.1. The van der Waals surface area contributed by atoms with Crippen molar-refractivity contribution in [1.29, 1.82) is 5.41 Å². The largest absolute Gasteiger partial charge is 0.354 e. The Morgan fingerprint density at radius 2 is 1.64 bits per heavy atom. The van der Waals surface area contributed by atoms with Crippen molar-refractivity contribution in [2.75, 3.05) is 43.9 Å². The highest BCUT2D eigenvalue weighted by molar-refractivity contribution is 6.12. The molecule has 0 atom stereocenters. The van der Waals surface area contributed by atoms with Gasteiger partial charge in [-0.05, 0) is 55.9 Å². The monoisotopic (exact) mass is 492 g/mol. The molecule has 0 spiro atoms. The number of carbonyl (C=O) groups excluding carboxylic acids is 2. The number of anilines is 2. The first kappa shape index (κ1) is 24.9. The van der Waals surface area contributed by atoms with E-state index < -0.39 is 23.4 Å². The molecule has 1 aliphatic heterocycles. The molecule has 3 aromatic rings. The first-order chi connectivity index (χ1) is 17.2. The summed E-state index contributed by atoms with van der Waals surface area (Å²) in [4.78, 5) is 33.7. The van der Waals surface area contributed by atoms with Crippen LogP contribution in [0.25, 0.3) is 0 Å². The molecule has 2 heterocycles. The van der Waals surface area contributed by atoms with E-state index in [0.717, 1.165) is 36.9 Å². The van der Waals surface area contributed by atoms with Crippen LogP contribution in [0.5, 0.6) is 0 Å². The summed E-state index contributed by atoms with van der Waals surface area (Å²) in [7, 11) is 2.00. The molecule has 1 fully saturated rings. The number of amidine groups is 1. The van der Waals surface area contributed by atoms with Gasteiger partial charge in [-0.2, -0.15) is 0 Å². The molecule has 0 aliphatic carbocycles. The molecule has 186 valence electrons. The van der Waals surface area contributed by atoms with Crippen molar-refractivity contribution < 1.29 is 18.4 Å². The van der Waals surface area contributed by atoms with E-state index in [2.05, 4.69) is 20.5 Å². The highest BCUT2D eigenvalue weighted by Crippen LogP contribution is 2.21. The molecular formula is C26H26F2N6O2. The van der Waals surface area contributed by atoms with E-state index in [1.54, 1.807) is 18.3 Å². The molecule has 0 saturated carbocycles. The van der Waals surface area contributed by atoms with Gasteiger partial charge in [-0.15, -0.1) is 0 Å². The average Bonchev–Trinajstić information content (AvgIpc) is 2.86. The summed E-state index contributed by atoms with van der Waals surface area (Å²) >= 11 is 0. The van der Waals surface area contributed by atoms with Gasteiger partial charge in [-0.25, -0.2) is 13.8 Å². The lowest BCUT2D eigenvalue weighted by molar-refractivity contribution is 0.102. The number of hydrogen-bond acceptors (Lipinski definition) is 5. The SMILES string of the molecule is Cc1ccc(NC(=O)c2cc(F)ccc2NC(=O)c2ccc(C(=N)N3CCN(C)CC3)cc2F)nc1. The highest BCUT2D eigenvalue weighted by atomic mass is 19.1. The van der Waals surface area contributed by atoms with E-state index in [1.165, 1.54) is 18.2 Å². The Bertz CT molecular complexity index is 1300. The maximum absolute atomic E-state index is 14.9. The maximum atomic E-state index is 14.9. The van der Waals surface area contributed by atoms with Gasteiger partial charge in [0.05, 0.1) is 16.8 Å². The van der Waals surface area contributed by atoms with Gasteiger partial charge in [0.1, 0.15) is 23.3 Å². The summed E-state index contributed by atoms with van der Waals surface area (Å²) in [5.74, 6) is -2.52. The number of carbonyl (C=O) groups is 2. The molecule has 3 N–H and O–H groups in total. The lowest BCUT2D eigenvalue weighted by Crippen LogP contribution is -2.47. The molecule has 0 unspecified atom stereocenters. The van der Waals surface area contributed by atoms with Gasteiger partial charge < -0.3 is 20.4 Å². The standard InChI is InChI=1S/C26H26F2N6O2/c1-16-3-8-23(30-15-16)32-26(36)20-14-18(27)5-7-22(20)31-25(35)19-6-4-17(13-21(19)28)24(29)34-11-9-33(2)10-12-34/h3-8,13-15,29H,9-12H2,1-2H3,(H,31,35)(H,30,32,36). The van der Waals surface area contributed by atoms with Crippen LogP contribution in [0, 0.1) is 24.0 Å². The molecule has 1 aromatic heterocycles. The van der Waals surface area contributed by atoms with Crippen LogP contribution in [0.3, 0.4) is 0 Å². The number of hydrogen-bond donors (Lipinski definition) is 3. The van der Waals surface area contributed by atoms with Gasteiger partial charge in [0.25, 0.3) is 11.8 Å². The smallest absolute Gasteiger partial charge is 0.259 e. The minimum Gasteiger partial charge on any atom is -0.354 e. The van der Waals surface area contributed by atoms with Crippen molar-refractivity contribution in [3.05, 3.63) is 88.6 Å². The second-order valence-corrected chi connectivity index (χ2v) is 8.65. The Labute approximate surface area is 207 Å². The lowest BCUT2D eigenvalue weighted by Gasteiger charge is -2.34. The van der Waals surface area contributed by atoms with Gasteiger partial charge >= 0.3 is 0 Å². The van der Waals surface area contributed by atoms with Crippen LogP contribution in [0.4, 0.5) is 20.3 Å². The Morgan fingerprint density at radius 3 is 2.31 bits per heavy atom. The zero-order valence-corrected chi connectivity index (χ0v) is 19.9. The second-order valence-electron chi connectivity index (χ2n) is 8.65. The van der Waals surface area contributed by atoms with E-state index in [-0.39, 0.29) is 28.5 Å². The molecule has 1 aliphatic rings. The zero-order valence-electron chi connectivity index (χ0n) is 19.9. The fourth-order valence-electron chi connectivity index (χ4n) is 3.79. The molecule has 36 heavy (non-hydrogen) atoms. The van der Waals surface area contributed by atoms with E-state index in [1.807, 2.05) is 18.9 Å². The van der Waals surface area contributed by atoms with Crippen molar-refractivity contribution in [1.82, 2.24) is 14.8 Å². The number of aromatic nitrogens is 1. The first-order valence-electron chi connectivity index (χ1n) is 11.4. The third kappa shape index (κ3) is 5.72. The summed E-state index contributed by atoms with van der Waals surface area (Å²) in [5, 5.41) is 13.4. The Balaban J connectivity index is 1.50. The molecule has 1 saturated heterocycles. The van der Waals surface area contributed by atoms with Crippen molar-refractivity contribution in [2.24, 2.45) is 0 Å². The average molecular weight is 493 g/mol. The number of likely N-dealkylation sites (N-methyl/N-ethyl adjacent to an activating group) is 1. The maximum Gasteiger partial charge on any atom is 0.259 e. The van der Waals surface area contributed by atoms with Gasteiger partial charge in [0, 0.05) is 37.9 Å². The number of rotatable bonds is 5. The van der Waals surface area contributed by atoms with Crippen molar-refractivity contribution >= 4 is 29.2 Å². The van der Waals surface area contributed by atoms with Crippen LogP contribution in [0.15, 0.2) is 54.7 Å². The quantitative estimate of drug-likeness (QED) is 0.372. The van der Waals surface area contributed by atoms with Crippen LogP contribution >= 0.6 is 0 Å². The van der Waals surface area contributed by atoms with E-state index in [4.69, 9.17) is 5.41 Å². The Kier molecular flexibility index (Phi) is 7.35. The molecule has 2 aromatic carbocycles. The molecule has 0 bridgehead atoms. The summed E-state index contributed by atoms with van der Waals surface area (Å²) in [5.41, 5.74) is 0.875.